The Morgan fingerprint density at radius 3 is 2.31 bits per heavy atom. The molecule has 0 aromatic heterocycles. The maximum atomic E-state index is 13.0. The van der Waals surface area contributed by atoms with Gasteiger partial charge in [-0.2, -0.15) is 0 Å². The molecule has 0 bridgehead atoms. The van der Waals surface area contributed by atoms with Crippen LogP contribution in [0.4, 0.5) is 5.69 Å². The number of anilines is 1. The summed E-state index contributed by atoms with van der Waals surface area (Å²) in [5.74, 6) is 1.06. The molecular weight excluding hydrogens is 362 g/mol. The molecule has 3 aromatic carbocycles. The summed E-state index contributed by atoms with van der Waals surface area (Å²) in [5.41, 5.74) is 3.27. The van der Waals surface area contributed by atoms with E-state index in [9.17, 15) is 4.79 Å². The number of nitrogens with one attached hydrogen (secondary N) is 2. The van der Waals surface area contributed by atoms with E-state index in [1.807, 2.05) is 29.2 Å². The van der Waals surface area contributed by atoms with Gasteiger partial charge in [0.2, 0.25) is 0 Å². The minimum Gasteiger partial charge on any atom is -0.497 e. The van der Waals surface area contributed by atoms with E-state index in [2.05, 4.69) is 36.4 Å². The van der Waals surface area contributed by atoms with Gasteiger partial charge in [0.05, 0.1) is 18.4 Å². The summed E-state index contributed by atoms with van der Waals surface area (Å²) in [5, 5.41) is 2.27. The van der Waals surface area contributed by atoms with Crippen molar-refractivity contribution in [1.82, 2.24) is 0 Å². The molecule has 5 heteroatoms. The Hall–Kier alpha value is -2.89. The lowest BCUT2D eigenvalue weighted by molar-refractivity contribution is -1.02. The Bertz CT molecular complexity index is 1030. The molecule has 1 amide bonds. The summed E-state index contributed by atoms with van der Waals surface area (Å²) in [6, 6.07) is 20.7. The third-order valence-electron chi connectivity index (χ3n) is 6.31. The van der Waals surface area contributed by atoms with E-state index in [-0.39, 0.29) is 5.91 Å². The topological polar surface area (TPSA) is 38.4 Å². The molecule has 1 fully saturated rings. The first-order valence-electron chi connectivity index (χ1n) is 10.4. The van der Waals surface area contributed by atoms with Crippen LogP contribution in [0.2, 0.25) is 0 Å². The molecule has 2 N–H and O–H groups in total. The molecule has 0 radical (unpaired) electrons. The average Bonchev–Trinajstić information content (AvgIpc) is 3.04. The molecule has 5 rings (SSSR count). The van der Waals surface area contributed by atoms with Crippen molar-refractivity contribution in [1.29, 1.82) is 0 Å². The Morgan fingerprint density at radius 2 is 1.59 bits per heavy atom. The van der Waals surface area contributed by atoms with Crippen molar-refractivity contribution in [2.45, 2.75) is 6.54 Å². The lowest BCUT2D eigenvalue weighted by Crippen LogP contribution is -3.28. The number of methoxy groups -OCH3 is 1. The van der Waals surface area contributed by atoms with Gasteiger partial charge < -0.3 is 14.5 Å². The molecule has 2 aliphatic rings. The number of carbonyl (C=O) groups is 1. The van der Waals surface area contributed by atoms with Crippen molar-refractivity contribution < 1.29 is 19.3 Å². The average molecular weight is 389 g/mol. The SMILES string of the molecule is COc1ccc(C[NH+]2CC[NH+](CN3C(=O)c4cccc5cccc3c45)CC2)cc1. The molecular formula is C24H27N3O2+2. The van der Waals surface area contributed by atoms with Crippen molar-refractivity contribution in [3.05, 3.63) is 71.8 Å². The number of carbonyl (C=O) groups excluding carboxylic acids is 1. The zero-order valence-electron chi connectivity index (χ0n) is 16.8. The summed E-state index contributed by atoms with van der Waals surface area (Å²) in [7, 11) is 1.70. The molecule has 148 valence electrons. The normalized spacial score (nSPS) is 21.0. The number of rotatable bonds is 5. The van der Waals surface area contributed by atoms with Crippen molar-refractivity contribution in [3.63, 3.8) is 0 Å². The van der Waals surface area contributed by atoms with Gasteiger partial charge in [-0.1, -0.05) is 24.3 Å². The number of quaternary nitrogens is 2. The first-order chi connectivity index (χ1) is 14.2. The first-order valence-corrected chi connectivity index (χ1v) is 10.4. The van der Waals surface area contributed by atoms with Gasteiger partial charge in [0.15, 0.2) is 6.67 Å². The quantitative estimate of drug-likeness (QED) is 0.676. The highest BCUT2D eigenvalue weighted by atomic mass is 16.5. The summed E-state index contributed by atoms with van der Waals surface area (Å²) in [6.45, 7) is 6.22. The third kappa shape index (κ3) is 3.37. The second kappa shape index (κ2) is 7.50. The molecule has 5 nitrogen and oxygen atoms in total. The molecule has 2 heterocycles. The highest BCUT2D eigenvalue weighted by molar-refractivity contribution is 6.24. The highest BCUT2D eigenvalue weighted by Crippen LogP contribution is 2.36. The lowest BCUT2D eigenvalue weighted by Gasteiger charge is -2.32. The van der Waals surface area contributed by atoms with E-state index in [0.29, 0.717) is 0 Å². The molecule has 3 aromatic rings. The second-order valence-corrected chi connectivity index (χ2v) is 8.10. The van der Waals surface area contributed by atoms with Crippen LogP contribution in [0.1, 0.15) is 15.9 Å². The largest absolute Gasteiger partial charge is 0.497 e. The zero-order chi connectivity index (χ0) is 19.8. The minimum atomic E-state index is 0.150. The van der Waals surface area contributed by atoms with Crippen LogP contribution >= 0.6 is 0 Å². The Morgan fingerprint density at radius 1 is 0.897 bits per heavy atom. The van der Waals surface area contributed by atoms with E-state index in [4.69, 9.17) is 4.74 Å². The molecule has 0 unspecified atom stereocenters. The van der Waals surface area contributed by atoms with E-state index < -0.39 is 0 Å². The molecule has 1 saturated heterocycles. The van der Waals surface area contributed by atoms with Crippen LogP contribution in [-0.4, -0.2) is 45.9 Å². The van der Waals surface area contributed by atoms with Crippen LogP contribution in [0.3, 0.4) is 0 Å². The third-order valence-corrected chi connectivity index (χ3v) is 6.31. The zero-order valence-corrected chi connectivity index (χ0v) is 16.8. The number of hydrogen-bond donors (Lipinski definition) is 2. The van der Waals surface area contributed by atoms with Crippen molar-refractivity contribution in [3.8, 4) is 5.75 Å². The van der Waals surface area contributed by atoms with Crippen molar-refractivity contribution in [2.24, 2.45) is 0 Å². The van der Waals surface area contributed by atoms with Crippen LogP contribution in [0.5, 0.6) is 5.75 Å². The summed E-state index contributed by atoms with van der Waals surface area (Å²) in [4.78, 5) is 18.1. The van der Waals surface area contributed by atoms with Gasteiger partial charge in [0.25, 0.3) is 5.91 Å². The fourth-order valence-corrected chi connectivity index (χ4v) is 4.68. The molecule has 0 spiro atoms. The molecule has 29 heavy (non-hydrogen) atoms. The standard InChI is InChI=1S/C24H25N3O2/c1-29-20-10-8-18(9-11-20)16-25-12-14-26(15-13-25)17-27-22-7-3-5-19-4-2-6-21(23(19)22)24(27)28/h2-11H,12-17H2,1H3/p+2. The lowest BCUT2D eigenvalue weighted by atomic mass is 10.1. The predicted molar refractivity (Wildman–Crippen MR) is 114 cm³/mol. The van der Waals surface area contributed by atoms with Crippen LogP contribution in [0.15, 0.2) is 60.7 Å². The summed E-state index contributed by atoms with van der Waals surface area (Å²) in [6.07, 6.45) is 0. The van der Waals surface area contributed by atoms with Gasteiger partial charge >= 0.3 is 0 Å². The number of amides is 1. The van der Waals surface area contributed by atoms with Crippen LogP contribution in [-0.2, 0) is 6.54 Å². The maximum absolute atomic E-state index is 13.0. The van der Waals surface area contributed by atoms with Crippen LogP contribution < -0.4 is 19.4 Å². The monoisotopic (exact) mass is 389 g/mol. The van der Waals surface area contributed by atoms with Gasteiger partial charge in [0, 0.05) is 10.9 Å². The van der Waals surface area contributed by atoms with Crippen LogP contribution in [0, 0.1) is 0 Å². The molecule has 0 atom stereocenters. The second-order valence-electron chi connectivity index (χ2n) is 8.10. The molecule has 0 saturated carbocycles. The fraction of sp³-hybridized carbons (Fsp3) is 0.292. The number of piperazine rings is 1. The number of benzene rings is 3. The van der Waals surface area contributed by atoms with E-state index >= 15 is 0 Å². The van der Waals surface area contributed by atoms with Crippen molar-refractivity contribution >= 4 is 22.4 Å². The minimum absolute atomic E-state index is 0.150. The first kappa shape index (κ1) is 18.2. The highest BCUT2D eigenvalue weighted by Gasteiger charge is 2.33. The van der Waals surface area contributed by atoms with Crippen molar-refractivity contribution in [2.75, 3.05) is 44.9 Å². The smallest absolute Gasteiger partial charge is 0.263 e. The molecule has 0 aliphatic carbocycles. The fourth-order valence-electron chi connectivity index (χ4n) is 4.68. The van der Waals surface area contributed by atoms with Gasteiger partial charge in [-0.05, 0) is 41.8 Å². The summed E-state index contributed by atoms with van der Waals surface area (Å²) >= 11 is 0. The number of nitrogens with zero attached hydrogens (tertiary/aromatic N) is 1. The predicted octanol–water partition coefficient (Wildman–Crippen LogP) is 0.750. The Balaban J connectivity index is 1.22. The van der Waals surface area contributed by atoms with Gasteiger partial charge in [0.1, 0.15) is 38.5 Å². The van der Waals surface area contributed by atoms with Gasteiger partial charge in [-0.3, -0.25) is 9.69 Å². The maximum Gasteiger partial charge on any atom is 0.263 e. The molecule has 2 aliphatic heterocycles. The van der Waals surface area contributed by atoms with Crippen LogP contribution in [0.25, 0.3) is 10.8 Å². The Kier molecular flexibility index (Phi) is 4.70. The number of hydrogen-bond acceptors (Lipinski definition) is 2. The van der Waals surface area contributed by atoms with E-state index in [1.54, 1.807) is 12.0 Å². The number of ether oxygens (including phenoxy) is 1. The summed E-state index contributed by atoms with van der Waals surface area (Å²) < 4.78 is 5.25. The van der Waals surface area contributed by atoms with Gasteiger partial charge in [-0.25, -0.2) is 0 Å². The van der Waals surface area contributed by atoms with E-state index in [1.165, 1.54) is 10.5 Å². The van der Waals surface area contributed by atoms with E-state index in [0.717, 1.165) is 67.2 Å². The van der Waals surface area contributed by atoms with Gasteiger partial charge in [-0.15, -0.1) is 0 Å². The Labute approximate surface area is 171 Å².